The fourth-order valence-corrected chi connectivity index (χ4v) is 3.11. The van der Waals surface area contributed by atoms with Crippen LogP contribution < -0.4 is 5.32 Å². The zero-order valence-electron chi connectivity index (χ0n) is 11.8. The number of aromatic nitrogens is 1. The summed E-state index contributed by atoms with van der Waals surface area (Å²) in [4.78, 5) is 12.3. The Morgan fingerprint density at radius 2 is 1.95 bits per heavy atom. The molecule has 2 N–H and O–H groups in total. The smallest absolute Gasteiger partial charge is 0.264 e. The second kappa shape index (κ2) is 5.26. The summed E-state index contributed by atoms with van der Waals surface area (Å²) < 4.78 is 2.12. The molecule has 1 amide bonds. The van der Waals surface area contributed by atoms with Crippen molar-refractivity contribution in [3.8, 4) is 5.69 Å². The Balaban J connectivity index is 2.06. The van der Waals surface area contributed by atoms with Crippen molar-refractivity contribution in [3.63, 3.8) is 0 Å². The highest BCUT2D eigenvalue weighted by atomic mass is 32.2. The predicted octanol–water partition coefficient (Wildman–Crippen LogP) is 3.23. The van der Waals surface area contributed by atoms with E-state index in [2.05, 4.69) is 28.2 Å². The van der Waals surface area contributed by atoms with E-state index in [0.29, 0.717) is 4.91 Å². The summed E-state index contributed by atoms with van der Waals surface area (Å²) in [6.07, 6.45) is 3.94. The summed E-state index contributed by atoms with van der Waals surface area (Å²) in [5, 5.41) is 10.2. The van der Waals surface area contributed by atoms with E-state index in [4.69, 9.17) is 5.41 Å². The zero-order valence-corrected chi connectivity index (χ0v) is 12.6. The third kappa shape index (κ3) is 2.52. The summed E-state index contributed by atoms with van der Waals surface area (Å²) >= 11 is 1.17. The Morgan fingerprint density at radius 3 is 2.57 bits per heavy atom. The summed E-state index contributed by atoms with van der Waals surface area (Å²) in [6.45, 7) is 4.07. The van der Waals surface area contributed by atoms with Crippen LogP contribution in [0.1, 0.15) is 16.8 Å². The number of thioether (sulfide) groups is 1. The van der Waals surface area contributed by atoms with Crippen molar-refractivity contribution in [2.24, 2.45) is 0 Å². The normalized spacial score (nSPS) is 16.6. The number of amidine groups is 1. The van der Waals surface area contributed by atoms with Crippen molar-refractivity contribution in [2.45, 2.75) is 13.8 Å². The zero-order chi connectivity index (χ0) is 15.0. The molecule has 4 nitrogen and oxygen atoms in total. The van der Waals surface area contributed by atoms with Crippen molar-refractivity contribution >= 4 is 28.9 Å². The molecule has 0 radical (unpaired) electrons. The highest BCUT2D eigenvalue weighted by Gasteiger charge is 2.23. The van der Waals surface area contributed by atoms with Crippen molar-refractivity contribution < 1.29 is 4.79 Å². The average molecular weight is 297 g/mol. The number of carbonyl (C=O) groups is 1. The molecule has 0 aliphatic carbocycles. The molecule has 1 saturated heterocycles. The topological polar surface area (TPSA) is 57.9 Å². The van der Waals surface area contributed by atoms with Gasteiger partial charge in [-0.25, -0.2) is 0 Å². The third-order valence-corrected chi connectivity index (χ3v) is 4.30. The maximum Gasteiger partial charge on any atom is 0.264 e. The van der Waals surface area contributed by atoms with Crippen LogP contribution in [0.15, 0.2) is 41.4 Å². The number of nitrogens with zero attached hydrogens (tertiary/aromatic N) is 1. The first-order valence-electron chi connectivity index (χ1n) is 6.59. The van der Waals surface area contributed by atoms with Crippen LogP contribution in [-0.4, -0.2) is 15.6 Å². The van der Waals surface area contributed by atoms with Gasteiger partial charge in [0.05, 0.1) is 4.91 Å². The minimum Gasteiger partial charge on any atom is -0.320 e. The van der Waals surface area contributed by atoms with E-state index in [-0.39, 0.29) is 11.1 Å². The molecule has 21 heavy (non-hydrogen) atoms. The van der Waals surface area contributed by atoms with E-state index in [1.54, 1.807) is 0 Å². The van der Waals surface area contributed by atoms with Crippen LogP contribution in [0.3, 0.4) is 0 Å². The fourth-order valence-electron chi connectivity index (χ4n) is 2.42. The van der Waals surface area contributed by atoms with Gasteiger partial charge < -0.3 is 9.88 Å². The van der Waals surface area contributed by atoms with E-state index >= 15 is 0 Å². The van der Waals surface area contributed by atoms with Gasteiger partial charge in [0.1, 0.15) is 0 Å². The van der Waals surface area contributed by atoms with Crippen LogP contribution in [0, 0.1) is 19.3 Å². The molecular weight excluding hydrogens is 282 g/mol. The minimum absolute atomic E-state index is 0.184. The number of aryl methyl sites for hydroxylation is 1. The van der Waals surface area contributed by atoms with Gasteiger partial charge in [-0.1, -0.05) is 18.2 Å². The summed E-state index contributed by atoms with van der Waals surface area (Å²) in [6, 6.07) is 10.1. The van der Waals surface area contributed by atoms with Gasteiger partial charge in [-0.3, -0.25) is 10.2 Å². The molecule has 0 unspecified atom stereocenters. The number of hydrogen-bond donors (Lipinski definition) is 2. The Labute approximate surface area is 127 Å². The van der Waals surface area contributed by atoms with Gasteiger partial charge in [-0.15, -0.1) is 0 Å². The van der Waals surface area contributed by atoms with Crippen molar-refractivity contribution in [1.29, 1.82) is 5.41 Å². The summed E-state index contributed by atoms with van der Waals surface area (Å²) in [7, 11) is 0. The molecule has 1 aliphatic rings. The monoisotopic (exact) mass is 297 g/mol. The number of hydrogen-bond acceptors (Lipinski definition) is 3. The second-order valence-electron chi connectivity index (χ2n) is 4.91. The number of rotatable bonds is 2. The third-order valence-electron chi connectivity index (χ3n) is 3.47. The lowest BCUT2D eigenvalue weighted by Crippen LogP contribution is -2.18. The van der Waals surface area contributed by atoms with Crippen LogP contribution in [-0.2, 0) is 4.79 Å². The van der Waals surface area contributed by atoms with Crippen LogP contribution in [0.4, 0.5) is 0 Å². The minimum atomic E-state index is -0.198. The fraction of sp³-hybridized carbons (Fsp3) is 0.125. The van der Waals surface area contributed by atoms with Crippen molar-refractivity contribution in [1.82, 2.24) is 9.88 Å². The van der Waals surface area contributed by atoms with E-state index in [0.717, 1.165) is 22.5 Å². The van der Waals surface area contributed by atoms with Gasteiger partial charge in [-0.2, -0.15) is 0 Å². The lowest BCUT2D eigenvalue weighted by Gasteiger charge is -2.06. The first-order chi connectivity index (χ1) is 10.1. The maximum atomic E-state index is 11.7. The average Bonchev–Trinajstić information content (AvgIpc) is 2.93. The van der Waals surface area contributed by atoms with E-state index in [1.165, 1.54) is 11.8 Å². The summed E-state index contributed by atoms with van der Waals surface area (Å²) in [5.74, 6) is -0.198. The standard InChI is InChI=1S/C16H15N3OS/c1-10-9-19(12-6-4-3-5-7-12)11(2)13(10)8-14-15(20)18-16(17)21-14/h3-9H,1-2H3,(H2,17,18,20)/b14-8-. The Kier molecular flexibility index (Phi) is 3.43. The molecule has 0 spiro atoms. The van der Waals surface area contributed by atoms with Crippen molar-refractivity contribution in [2.75, 3.05) is 0 Å². The molecule has 2 aromatic rings. The summed E-state index contributed by atoms with van der Waals surface area (Å²) in [5.41, 5.74) is 4.32. The molecule has 106 valence electrons. The molecule has 0 bridgehead atoms. The molecule has 0 saturated carbocycles. The molecule has 1 aromatic heterocycles. The SMILES string of the molecule is Cc1cn(-c2ccccc2)c(C)c1/C=C1\SC(=N)NC1=O. The van der Waals surface area contributed by atoms with E-state index < -0.39 is 0 Å². The molecule has 1 aromatic carbocycles. The molecule has 2 heterocycles. The number of benzene rings is 1. The van der Waals surface area contributed by atoms with Crippen LogP contribution in [0.2, 0.25) is 0 Å². The number of nitrogens with one attached hydrogen (secondary N) is 2. The molecule has 3 rings (SSSR count). The van der Waals surface area contributed by atoms with Crippen LogP contribution in [0.5, 0.6) is 0 Å². The van der Waals surface area contributed by atoms with Crippen molar-refractivity contribution in [3.05, 3.63) is 58.3 Å². The lowest BCUT2D eigenvalue weighted by atomic mass is 10.1. The van der Waals surface area contributed by atoms with E-state index in [1.807, 2.05) is 38.1 Å². The van der Waals surface area contributed by atoms with Gasteiger partial charge in [0.2, 0.25) is 0 Å². The first kappa shape index (κ1) is 13.7. The quantitative estimate of drug-likeness (QED) is 0.836. The number of para-hydroxylation sites is 1. The largest absolute Gasteiger partial charge is 0.320 e. The molecule has 5 heteroatoms. The highest BCUT2D eigenvalue weighted by Crippen LogP contribution is 2.29. The first-order valence-corrected chi connectivity index (χ1v) is 7.41. The van der Waals surface area contributed by atoms with Crippen LogP contribution >= 0.6 is 11.8 Å². The van der Waals surface area contributed by atoms with Gasteiger partial charge >= 0.3 is 0 Å². The molecule has 0 atom stereocenters. The predicted molar refractivity (Wildman–Crippen MR) is 86.7 cm³/mol. The molecule has 1 aliphatic heterocycles. The van der Waals surface area contributed by atoms with Gasteiger partial charge in [-0.05, 0) is 54.9 Å². The highest BCUT2D eigenvalue weighted by molar-refractivity contribution is 8.18. The Hall–Kier alpha value is -2.27. The van der Waals surface area contributed by atoms with Gasteiger partial charge in [0, 0.05) is 17.6 Å². The van der Waals surface area contributed by atoms with Gasteiger partial charge in [0.15, 0.2) is 5.17 Å². The van der Waals surface area contributed by atoms with E-state index in [9.17, 15) is 4.79 Å². The molecule has 1 fully saturated rings. The molecular formula is C16H15N3OS. The maximum absolute atomic E-state index is 11.7. The number of carbonyl (C=O) groups excluding carboxylic acids is 1. The van der Waals surface area contributed by atoms with Crippen LogP contribution in [0.25, 0.3) is 11.8 Å². The van der Waals surface area contributed by atoms with Gasteiger partial charge in [0.25, 0.3) is 5.91 Å². The number of amides is 1. The lowest BCUT2D eigenvalue weighted by molar-refractivity contribution is -0.115. The Bertz CT molecular complexity index is 759. The second-order valence-corrected chi connectivity index (χ2v) is 5.96. The Morgan fingerprint density at radius 1 is 1.24 bits per heavy atom.